The van der Waals surface area contributed by atoms with Gasteiger partial charge >= 0.3 is 0 Å². The summed E-state index contributed by atoms with van der Waals surface area (Å²) in [6.07, 6.45) is 6.33. The molecule has 2 rings (SSSR count). The molecule has 1 heterocycles. The number of nitrogens with two attached hydrogens (primary N) is 1. The van der Waals surface area contributed by atoms with Crippen LogP contribution in [0.25, 0.3) is 0 Å². The third kappa shape index (κ3) is 3.78. The van der Waals surface area contributed by atoms with E-state index in [1.807, 2.05) is 12.1 Å². The highest BCUT2D eigenvalue weighted by molar-refractivity contribution is 9.10. The van der Waals surface area contributed by atoms with Crippen LogP contribution in [-0.2, 0) is 9.84 Å². The van der Waals surface area contributed by atoms with E-state index in [9.17, 15) is 8.42 Å². The molecule has 1 aliphatic carbocycles. The average molecular weight is 362 g/mol. The third-order valence-electron chi connectivity index (χ3n) is 3.99. The number of hydrazine groups is 1. The van der Waals surface area contributed by atoms with Crippen molar-refractivity contribution < 1.29 is 8.42 Å². The predicted molar refractivity (Wildman–Crippen MR) is 82.6 cm³/mol. The van der Waals surface area contributed by atoms with Crippen LogP contribution in [0.15, 0.2) is 22.8 Å². The fraction of sp³-hybridized carbons (Fsp3) is 0.615. The van der Waals surface area contributed by atoms with Gasteiger partial charge in [-0.15, -0.1) is 0 Å². The lowest BCUT2D eigenvalue weighted by molar-refractivity contribution is 0.270. The normalized spacial score (nSPS) is 25.4. The van der Waals surface area contributed by atoms with Gasteiger partial charge in [0.15, 0.2) is 0 Å². The van der Waals surface area contributed by atoms with Crippen molar-refractivity contribution in [1.29, 1.82) is 0 Å². The molecule has 0 radical (unpaired) electrons. The molecule has 7 heteroatoms. The molecule has 0 amide bonds. The van der Waals surface area contributed by atoms with Crippen LogP contribution in [0.2, 0.25) is 0 Å². The topological polar surface area (TPSA) is 85.1 Å². The van der Waals surface area contributed by atoms with Crippen molar-refractivity contribution in [3.63, 3.8) is 0 Å². The van der Waals surface area contributed by atoms with Crippen molar-refractivity contribution in [2.75, 3.05) is 6.26 Å². The fourth-order valence-corrected chi connectivity index (χ4v) is 4.33. The highest BCUT2D eigenvalue weighted by Crippen LogP contribution is 2.36. The van der Waals surface area contributed by atoms with Crippen LogP contribution in [-0.4, -0.2) is 24.9 Å². The zero-order valence-electron chi connectivity index (χ0n) is 11.4. The van der Waals surface area contributed by atoms with Crippen LogP contribution in [0.4, 0.5) is 0 Å². The number of hydrogen-bond acceptors (Lipinski definition) is 5. The van der Waals surface area contributed by atoms with Crippen LogP contribution >= 0.6 is 15.9 Å². The van der Waals surface area contributed by atoms with Gasteiger partial charge < -0.3 is 0 Å². The van der Waals surface area contributed by atoms with Gasteiger partial charge in [0.25, 0.3) is 0 Å². The maximum absolute atomic E-state index is 11.8. The summed E-state index contributed by atoms with van der Waals surface area (Å²) < 4.78 is 24.4. The lowest BCUT2D eigenvalue weighted by Gasteiger charge is -2.33. The van der Waals surface area contributed by atoms with Crippen LogP contribution in [0.1, 0.15) is 37.4 Å². The van der Waals surface area contributed by atoms with Gasteiger partial charge in [-0.3, -0.25) is 16.3 Å². The molecular formula is C13H20BrN3O2S. The van der Waals surface area contributed by atoms with Gasteiger partial charge in [-0.25, -0.2) is 8.42 Å². The minimum atomic E-state index is -2.99. The third-order valence-corrected chi connectivity index (χ3v) is 6.10. The Morgan fingerprint density at radius 3 is 2.75 bits per heavy atom. The molecule has 3 unspecified atom stereocenters. The maximum Gasteiger partial charge on any atom is 0.150 e. The van der Waals surface area contributed by atoms with E-state index in [1.165, 1.54) is 6.26 Å². The second kappa shape index (κ2) is 6.51. The van der Waals surface area contributed by atoms with Crippen molar-refractivity contribution >= 4 is 25.8 Å². The van der Waals surface area contributed by atoms with E-state index in [-0.39, 0.29) is 17.2 Å². The van der Waals surface area contributed by atoms with E-state index in [0.717, 1.165) is 29.4 Å². The molecule has 1 fully saturated rings. The molecule has 1 aromatic rings. The summed E-state index contributed by atoms with van der Waals surface area (Å²) in [6.45, 7) is 0. The van der Waals surface area contributed by atoms with Gasteiger partial charge in [0.2, 0.25) is 0 Å². The zero-order chi connectivity index (χ0) is 14.8. The van der Waals surface area contributed by atoms with Crippen molar-refractivity contribution in [3.05, 3.63) is 28.5 Å². The van der Waals surface area contributed by atoms with Gasteiger partial charge in [0.1, 0.15) is 9.84 Å². The number of rotatable bonds is 4. The molecule has 0 bridgehead atoms. The van der Waals surface area contributed by atoms with E-state index in [4.69, 9.17) is 5.84 Å². The van der Waals surface area contributed by atoms with E-state index >= 15 is 0 Å². The zero-order valence-corrected chi connectivity index (χ0v) is 13.8. The lowest BCUT2D eigenvalue weighted by Crippen LogP contribution is -2.38. The molecule has 5 nitrogen and oxygen atoms in total. The molecule has 0 aliphatic heterocycles. The lowest BCUT2D eigenvalue weighted by atomic mass is 9.82. The summed E-state index contributed by atoms with van der Waals surface area (Å²) in [7, 11) is -2.99. The molecule has 0 aromatic carbocycles. The SMILES string of the molecule is CS(=O)(=O)C1CCCC(C(NN)c2ccc(Br)cn2)C1. The molecule has 0 spiro atoms. The first-order valence-electron chi connectivity index (χ1n) is 6.68. The summed E-state index contributed by atoms with van der Waals surface area (Å²) in [5, 5.41) is -0.257. The van der Waals surface area contributed by atoms with Crippen molar-refractivity contribution in [3.8, 4) is 0 Å². The summed E-state index contributed by atoms with van der Waals surface area (Å²) in [5.41, 5.74) is 3.66. The number of nitrogens with one attached hydrogen (secondary N) is 1. The average Bonchev–Trinajstić information content (AvgIpc) is 2.41. The largest absolute Gasteiger partial charge is 0.271 e. The molecule has 3 N–H and O–H groups in total. The van der Waals surface area contributed by atoms with E-state index in [0.29, 0.717) is 6.42 Å². The first kappa shape index (κ1) is 15.9. The Hall–Kier alpha value is -0.500. The predicted octanol–water partition coefficient (Wildman–Crippen LogP) is 1.95. The van der Waals surface area contributed by atoms with E-state index in [2.05, 4.69) is 26.3 Å². The molecular weight excluding hydrogens is 342 g/mol. The Morgan fingerprint density at radius 1 is 1.45 bits per heavy atom. The summed E-state index contributed by atoms with van der Waals surface area (Å²) >= 11 is 3.35. The quantitative estimate of drug-likeness (QED) is 0.632. The molecule has 1 aliphatic rings. The van der Waals surface area contributed by atoms with Gasteiger partial charge in [-0.05, 0) is 53.2 Å². The van der Waals surface area contributed by atoms with Crippen LogP contribution in [0.3, 0.4) is 0 Å². The fourth-order valence-electron chi connectivity index (χ4n) is 2.91. The van der Waals surface area contributed by atoms with Crippen LogP contribution in [0.5, 0.6) is 0 Å². The van der Waals surface area contributed by atoms with Crippen LogP contribution in [0, 0.1) is 5.92 Å². The Balaban J connectivity index is 2.17. The van der Waals surface area contributed by atoms with E-state index in [1.54, 1.807) is 6.20 Å². The van der Waals surface area contributed by atoms with Crippen LogP contribution < -0.4 is 11.3 Å². The Bertz CT molecular complexity index is 547. The van der Waals surface area contributed by atoms with Gasteiger partial charge in [0.05, 0.1) is 17.0 Å². The molecule has 3 atom stereocenters. The highest BCUT2D eigenvalue weighted by Gasteiger charge is 2.33. The minimum Gasteiger partial charge on any atom is -0.271 e. The number of pyridine rings is 1. The van der Waals surface area contributed by atoms with Crippen molar-refractivity contribution in [1.82, 2.24) is 10.4 Å². The van der Waals surface area contributed by atoms with Gasteiger partial charge in [-0.1, -0.05) is 6.42 Å². The van der Waals surface area contributed by atoms with Crippen molar-refractivity contribution in [2.45, 2.75) is 37.0 Å². The Morgan fingerprint density at radius 2 is 2.20 bits per heavy atom. The summed E-state index contributed by atoms with van der Waals surface area (Å²) in [6, 6.07) is 3.73. The first-order valence-corrected chi connectivity index (χ1v) is 9.43. The Labute approximate surface area is 128 Å². The summed E-state index contributed by atoms with van der Waals surface area (Å²) in [5.74, 6) is 5.87. The standard InChI is InChI=1S/C13H20BrN3O2S/c1-20(18,19)11-4-2-3-9(7-11)13(17-15)12-6-5-10(14)8-16-12/h5-6,8-9,11,13,17H,2-4,7,15H2,1H3. The second-order valence-corrected chi connectivity index (χ2v) is 8.67. The number of sulfone groups is 1. The van der Waals surface area contributed by atoms with E-state index < -0.39 is 9.84 Å². The smallest absolute Gasteiger partial charge is 0.150 e. The number of aromatic nitrogens is 1. The molecule has 20 heavy (non-hydrogen) atoms. The van der Waals surface area contributed by atoms with Gasteiger partial charge in [-0.2, -0.15) is 0 Å². The molecule has 112 valence electrons. The number of nitrogens with zero attached hydrogens (tertiary/aromatic N) is 1. The monoisotopic (exact) mass is 361 g/mol. The first-order chi connectivity index (χ1) is 9.41. The van der Waals surface area contributed by atoms with Crippen molar-refractivity contribution in [2.24, 2.45) is 11.8 Å². The number of halogens is 1. The maximum atomic E-state index is 11.8. The minimum absolute atomic E-state index is 0.104. The Kier molecular flexibility index (Phi) is 5.17. The molecule has 1 saturated carbocycles. The molecule has 1 aromatic heterocycles. The molecule has 0 saturated heterocycles. The second-order valence-electron chi connectivity index (χ2n) is 5.42. The number of hydrogen-bond donors (Lipinski definition) is 2. The highest BCUT2D eigenvalue weighted by atomic mass is 79.9. The summed E-state index contributed by atoms with van der Waals surface area (Å²) in [4.78, 5) is 4.37. The van der Waals surface area contributed by atoms with Gasteiger partial charge in [0, 0.05) is 16.9 Å².